The predicted octanol–water partition coefficient (Wildman–Crippen LogP) is 3.47. The summed E-state index contributed by atoms with van der Waals surface area (Å²) in [4.78, 5) is 23.2. The summed E-state index contributed by atoms with van der Waals surface area (Å²) in [6.45, 7) is 0.201. The first-order valence-electron chi connectivity index (χ1n) is 8.82. The van der Waals surface area contributed by atoms with Gasteiger partial charge in [-0.25, -0.2) is 4.79 Å². The summed E-state index contributed by atoms with van der Waals surface area (Å²) >= 11 is 0. The fourth-order valence-electron chi connectivity index (χ4n) is 3.24. The van der Waals surface area contributed by atoms with Crippen LogP contribution in [-0.4, -0.2) is 40.1 Å². The Kier molecular flexibility index (Phi) is 6.03. The lowest BCUT2D eigenvalue weighted by Gasteiger charge is -2.26. The van der Waals surface area contributed by atoms with E-state index in [0.717, 1.165) is 16.7 Å². The predicted molar refractivity (Wildman–Crippen MR) is 100 cm³/mol. The molecule has 0 amide bonds. The third kappa shape index (κ3) is 4.19. The van der Waals surface area contributed by atoms with Crippen molar-refractivity contribution in [3.63, 3.8) is 0 Å². The normalized spacial score (nSPS) is 15.2. The van der Waals surface area contributed by atoms with Crippen LogP contribution < -0.4 is 14.2 Å². The molecule has 1 atom stereocenters. The first-order valence-corrected chi connectivity index (χ1v) is 8.82. The standard InChI is InChI=1S/C21H22O7/c1-24-18-7-5-14(11-19(18)25-2)15-12-20(22)28-17-6-4-13(10-16(15)17)8-9-27-21(23)26-3/h4-7,10-11,15H,8-9,12H2,1-3H3. The third-order valence-electron chi connectivity index (χ3n) is 4.63. The summed E-state index contributed by atoms with van der Waals surface area (Å²) in [7, 11) is 4.42. The van der Waals surface area contributed by atoms with E-state index in [0.29, 0.717) is 23.7 Å². The molecule has 0 radical (unpaired) electrons. The molecule has 2 aromatic rings. The fraction of sp³-hybridized carbons (Fsp3) is 0.333. The number of ether oxygens (including phenoxy) is 5. The molecule has 0 saturated carbocycles. The van der Waals surface area contributed by atoms with Gasteiger partial charge in [-0.3, -0.25) is 4.79 Å². The van der Waals surface area contributed by atoms with Crippen molar-refractivity contribution in [2.75, 3.05) is 27.9 Å². The van der Waals surface area contributed by atoms with E-state index in [4.69, 9.17) is 18.9 Å². The van der Waals surface area contributed by atoms with Crippen molar-refractivity contribution in [3.8, 4) is 17.2 Å². The number of fused-ring (bicyclic) bond motifs is 1. The number of hydrogen-bond donors (Lipinski definition) is 0. The molecule has 0 aromatic heterocycles. The Balaban J connectivity index is 1.89. The smallest absolute Gasteiger partial charge is 0.493 e. The van der Waals surface area contributed by atoms with E-state index in [1.165, 1.54) is 7.11 Å². The Morgan fingerprint density at radius 1 is 1.07 bits per heavy atom. The molecule has 3 rings (SSSR count). The van der Waals surface area contributed by atoms with Crippen LogP contribution >= 0.6 is 0 Å². The van der Waals surface area contributed by atoms with E-state index in [1.54, 1.807) is 20.3 Å². The quantitative estimate of drug-likeness (QED) is 0.555. The van der Waals surface area contributed by atoms with Crippen LogP contribution in [-0.2, 0) is 20.7 Å². The molecule has 1 aliphatic rings. The van der Waals surface area contributed by atoms with Crippen LogP contribution in [0.1, 0.15) is 29.0 Å². The highest BCUT2D eigenvalue weighted by atomic mass is 16.7. The molecule has 1 aliphatic heterocycles. The summed E-state index contributed by atoms with van der Waals surface area (Å²) < 4.78 is 25.5. The second kappa shape index (κ2) is 8.65. The lowest BCUT2D eigenvalue weighted by atomic mass is 9.85. The molecule has 0 bridgehead atoms. The van der Waals surface area contributed by atoms with Gasteiger partial charge in [0.2, 0.25) is 0 Å². The molecule has 0 N–H and O–H groups in total. The minimum atomic E-state index is -0.713. The molecule has 0 saturated heterocycles. The van der Waals surface area contributed by atoms with Crippen molar-refractivity contribution in [3.05, 3.63) is 53.1 Å². The molecule has 148 valence electrons. The van der Waals surface area contributed by atoms with Crippen LogP contribution in [0.4, 0.5) is 4.79 Å². The van der Waals surface area contributed by atoms with Crippen LogP contribution in [0.3, 0.4) is 0 Å². The number of methoxy groups -OCH3 is 3. The molecule has 7 heteroatoms. The second-order valence-corrected chi connectivity index (χ2v) is 6.27. The highest BCUT2D eigenvalue weighted by molar-refractivity contribution is 5.78. The Hall–Kier alpha value is -3.22. The van der Waals surface area contributed by atoms with Gasteiger partial charge in [0.15, 0.2) is 11.5 Å². The van der Waals surface area contributed by atoms with Crippen LogP contribution in [0.25, 0.3) is 0 Å². The number of hydrogen-bond acceptors (Lipinski definition) is 7. The molecule has 2 aromatic carbocycles. The number of carbonyl (C=O) groups is 2. The van der Waals surface area contributed by atoms with Crippen molar-refractivity contribution in [2.24, 2.45) is 0 Å². The molecular formula is C21H22O7. The highest BCUT2D eigenvalue weighted by Gasteiger charge is 2.29. The van der Waals surface area contributed by atoms with Crippen molar-refractivity contribution in [1.29, 1.82) is 0 Å². The van der Waals surface area contributed by atoms with E-state index in [-0.39, 0.29) is 24.9 Å². The lowest BCUT2D eigenvalue weighted by molar-refractivity contribution is -0.135. The average molecular weight is 386 g/mol. The molecule has 1 unspecified atom stereocenters. The summed E-state index contributed by atoms with van der Waals surface area (Å²) in [5.41, 5.74) is 2.80. The monoisotopic (exact) mass is 386 g/mol. The van der Waals surface area contributed by atoms with Gasteiger partial charge in [0.05, 0.1) is 34.4 Å². The molecule has 7 nitrogen and oxygen atoms in total. The van der Waals surface area contributed by atoms with Gasteiger partial charge in [-0.1, -0.05) is 18.2 Å². The van der Waals surface area contributed by atoms with Gasteiger partial charge >= 0.3 is 12.1 Å². The van der Waals surface area contributed by atoms with Gasteiger partial charge in [-0.2, -0.15) is 0 Å². The second-order valence-electron chi connectivity index (χ2n) is 6.27. The summed E-state index contributed by atoms with van der Waals surface area (Å²) in [6.07, 6.45) is 0.0367. The first-order chi connectivity index (χ1) is 13.5. The Bertz CT molecular complexity index is 875. The third-order valence-corrected chi connectivity index (χ3v) is 4.63. The zero-order valence-corrected chi connectivity index (χ0v) is 16.0. The maximum Gasteiger partial charge on any atom is 0.507 e. The van der Waals surface area contributed by atoms with Crippen molar-refractivity contribution < 1.29 is 33.3 Å². The van der Waals surface area contributed by atoms with Gasteiger partial charge < -0.3 is 23.7 Å². The van der Waals surface area contributed by atoms with Crippen LogP contribution in [0.2, 0.25) is 0 Å². The zero-order chi connectivity index (χ0) is 20.1. The molecule has 0 aliphatic carbocycles. The number of esters is 1. The van der Waals surface area contributed by atoms with Crippen LogP contribution in [0.5, 0.6) is 17.2 Å². The fourth-order valence-corrected chi connectivity index (χ4v) is 3.24. The number of carbonyl (C=O) groups excluding carboxylic acids is 2. The van der Waals surface area contributed by atoms with Crippen molar-refractivity contribution >= 4 is 12.1 Å². The minimum absolute atomic E-state index is 0.169. The molecule has 28 heavy (non-hydrogen) atoms. The SMILES string of the molecule is COC(=O)OCCc1ccc2c(c1)C(c1ccc(OC)c(OC)c1)CC(=O)O2. The molecular weight excluding hydrogens is 364 g/mol. The number of rotatable bonds is 6. The first kappa shape index (κ1) is 19.5. The zero-order valence-electron chi connectivity index (χ0n) is 16.0. The van der Waals surface area contributed by atoms with Crippen molar-refractivity contribution in [2.45, 2.75) is 18.8 Å². The van der Waals surface area contributed by atoms with Gasteiger partial charge in [0, 0.05) is 17.9 Å². The van der Waals surface area contributed by atoms with Crippen LogP contribution in [0, 0.1) is 0 Å². The van der Waals surface area contributed by atoms with Gasteiger partial charge in [0.25, 0.3) is 0 Å². The topological polar surface area (TPSA) is 80.3 Å². The largest absolute Gasteiger partial charge is 0.507 e. The van der Waals surface area contributed by atoms with Gasteiger partial charge in [-0.15, -0.1) is 0 Å². The van der Waals surface area contributed by atoms with Gasteiger partial charge in [-0.05, 0) is 29.3 Å². The lowest BCUT2D eigenvalue weighted by Crippen LogP contribution is -2.21. The van der Waals surface area contributed by atoms with E-state index in [1.807, 2.05) is 30.3 Å². The summed E-state index contributed by atoms with van der Waals surface area (Å²) in [6, 6.07) is 11.2. The van der Waals surface area contributed by atoms with Crippen LogP contribution in [0.15, 0.2) is 36.4 Å². The highest BCUT2D eigenvalue weighted by Crippen LogP contribution is 2.41. The Morgan fingerprint density at radius 2 is 1.86 bits per heavy atom. The maximum atomic E-state index is 12.1. The average Bonchev–Trinajstić information content (AvgIpc) is 2.72. The molecule has 0 fully saturated rings. The maximum absolute atomic E-state index is 12.1. The summed E-state index contributed by atoms with van der Waals surface area (Å²) in [5.74, 6) is 1.31. The summed E-state index contributed by atoms with van der Waals surface area (Å²) in [5, 5.41) is 0. The van der Waals surface area contributed by atoms with Crippen molar-refractivity contribution in [1.82, 2.24) is 0 Å². The molecule has 0 spiro atoms. The molecule has 1 heterocycles. The minimum Gasteiger partial charge on any atom is -0.493 e. The van der Waals surface area contributed by atoms with E-state index in [9.17, 15) is 9.59 Å². The van der Waals surface area contributed by atoms with Gasteiger partial charge in [0.1, 0.15) is 5.75 Å². The number of benzene rings is 2. The Labute approximate surface area is 163 Å². The van der Waals surface area contributed by atoms with E-state index < -0.39 is 6.16 Å². The van der Waals surface area contributed by atoms with E-state index >= 15 is 0 Å². The Morgan fingerprint density at radius 3 is 2.57 bits per heavy atom. The van der Waals surface area contributed by atoms with E-state index in [2.05, 4.69) is 4.74 Å².